The van der Waals surface area contributed by atoms with Crippen LogP contribution in [0, 0.1) is 0 Å². The number of unbranched alkanes of at least 4 members (excludes halogenated alkanes) is 26. The molecule has 0 aliphatic heterocycles. The molecule has 0 N–H and O–H groups in total. The molecule has 0 radical (unpaired) electrons. The standard InChI is InChI=1S/C62H106O6/c1-4-7-10-13-16-19-22-25-28-30-31-33-34-37-40-43-46-49-52-55-61(64)67-58-59(57-66-60(63)54-51-48-45-42-39-36-27-24-21-18-15-12-9-6-3)68-62(65)56-53-50-47-44-41-38-35-32-29-26-23-20-17-14-11-8-5-2/h16-17,19-20,25-26,28-29,31,33,35,37-38,40,59H,4-15,18,21-24,27,30,32,34,36,39,41-58H2,1-3H3/b19-16+,20-17+,28-25+,29-26+,33-31+,38-35+,40-37+/t59-/m1/s1. The van der Waals surface area contributed by atoms with Crippen LogP contribution in [0.3, 0.4) is 0 Å². The van der Waals surface area contributed by atoms with E-state index in [4.69, 9.17) is 14.2 Å². The maximum absolute atomic E-state index is 12.8. The molecule has 0 aliphatic rings. The van der Waals surface area contributed by atoms with E-state index in [9.17, 15) is 14.4 Å². The summed E-state index contributed by atoms with van der Waals surface area (Å²) in [6, 6.07) is 0. The smallest absolute Gasteiger partial charge is 0.306 e. The second-order valence-corrected chi connectivity index (χ2v) is 18.8. The zero-order chi connectivity index (χ0) is 49.3. The molecule has 0 bridgehead atoms. The van der Waals surface area contributed by atoms with Gasteiger partial charge in [-0.05, 0) is 103 Å². The van der Waals surface area contributed by atoms with Crippen LogP contribution in [0.15, 0.2) is 85.1 Å². The molecule has 0 spiro atoms. The molecule has 1 atom stereocenters. The first-order chi connectivity index (χ1) is 33.5. The van der Waals surface area contributed by atoms with Crippen molar-refractivity contribution in [3.8, 4) is 0 Å². The van der Waals surface area contributed by atoms with Gasteiger partial charge in [0.1, 0.15) is 13.2 Å². The van der Waals surface area contributed by atoms with Crippen LogP contribution in [-0.2, 0) is 28.6 Å². The van der Waals surface area contributed by atoms with E-state index in [0.29, 0.717) is 19.3 Å². The minimum absolute atomic E-state index is 0.0944. The molecular formula is C62H106O6. The third kappa shape index (κ3) is 53.5. The van der Waals surface area contributed by atoms with E-state index >= 15 is 0 Å². The number of carbonyl (C=O) groups excluding carboxylic acids is 3. The van der Waals surface area contributed by atoms with E-state index in [1.54, 1.807) is 0 Å². The molecule has 0 rings (SSSR count). The van der Waals surface area contributed by atoms with Crippen LogP contribution < -0.4 is 0 Å². The molecule has 0 amide bonds. The average Bonchev–Trinajstić information content (AvgIpc) is 3.34. The fraction of sp³-hybridized carbons (Fsp3) is 0.726. The Balaban J connectivity index is 4.48. The summed E-state index contributed by atoms with van der Waals surface area (Å²) in [5, 5.41) is 0. The summed E-state index contributed by atoms with van der Waals surface area (Å²) in [5.74, 6) is -0.942. The molecule has 0 fully saturated rings. The molecule has 0 unspecified atom stereocenters. The third-order valence-electron chi connectivity index (χ3n) is 12.1. The van der Waals surface area contributed by atoms with Gasteiger partial charge in [0.2, 0.25) is 0 Å². The average molecular weight is 948 g/mol. The fourth-order valence-corrected chi connectivity index (χ4v) is 7.79. The predicted molar refractivity (Wildman–Crippen MR) is 293 cm³/mol. The van der Waals surface area contributed by atoms with Crippen molar-refractivity contribution in [3.63, 3.8) is 0 Å². The number of carbonyl (C=O) groups is 3. The van der Waals surface area contributed by atoms with E-state index in [1.165, 1.54) is 122 Å². The quantitative estimate of drug-likeness (QED) is 0.0262. The zero-order valence-corrected chi connectivity index (χ0v) is 44.6. The van der Waals surface area contributed by atoms with Crippen LogP contribution in [-0.4, -0.2) is 37.2 Å². The van der Waals surface area contributed by atoms with Crippen molar-refractivity contribution >= 4 is 17.9 Å². The lowest BCUT2D eigenvalue weighted by molar-refractivity contribution is -0.167. The Morgan fingerprint density at radius 1 is 0.294 bits per heavy atom. The second-order valence-electron chi connectivity index (χ2n) is 18.8. The zero-order valence-electron chi connectivity index (χ0n) is 44.6. The van der Waals surface area contributed by atoms with Crippen LogP contribution in [0.1, 0.15) is 271 Å². The van der Waals surface area contributed by atoms with E-state index in [1.807, 2.05) is 0 Å². The Bertz CT molecular complexity index is 1320. The Morgan fingerprint density at radius 2 is 0.529 bits per heavy atom. The lowest BCUT2D eigenvalue weighted by atomic mass is 10.0. The number of rotatable bonds is 51. The van der Waals surface area contributed by atoms with Crippen LogP contribution >= 0.6 is 0 Å². The van der Waals surface area contributed by atoms with Crippen molar-refractivity contribution in [1.29, 1.82) is 0 Å². The van der Waals surface area contributed by atoms with Crippen molar-refractivity contribution < 1.29 is 28.6 Å². The molecule has 6 nitrogen and oxygen atoms in total. The highest BCUT2D eigenvalue weighted by molar-refractivity contribution is 5.71. The van der Waals surface area contributed by atoms with E-state index in [-0.39, 0.29) is 31.1 Å². The summed E-state index contributed by atoms with van der Waals surface area (Å²) < 4.78 is 16.8. The molecule has 0 aromatic rings. The van der Waals surface area contributed by atoms with Gasteiger partial charge in [-0.2, -0.15) is 0 Å². The third-order valence-corrected chi connectivity index (χ3v) is 12.1. The highest BCUT2D eigenvalue weighted by Gasteiger charge is 2.19. The van der Waals surface area contributed by atoms with Crippen LogP contribution in [0.5, 0.6) is 0 Å². The van der Waals surface area contributed by atoms with Crippen molar-refractivity contribution in [2.75, 3.05) is 13.2 Å². The molecule has 0 saturated heterocycles. The van der Waals surface area contributed by atoms with Gasteiger partial charge < -0.3 is 14.2 Å². The lowest BCUT2D eigenvalue weighted by Gasteiger charge is -2.18. The van der Waals surface area contributed by atoms with Crippen molar-refractivity contribution in [2.45, 2.75) is 277 Å². The molecular weight excluding hydrogens is 841 g/mol. The number of allylic oxidation sites excluding steroid dienone is 14. The number of ether oxygens (including phenoxy) is 3. The number of esters is 3. The van der Waals surface area contributed by atoms with Gasteiger partial charge in [-0.25, -0.2) is 0 Å². The Labute approximate surface area is 420 Å². The summed E-state index contributed by atoms with van der Waals surface area (Å²) in [4.78, 5) is 38.1. The first kappa shape index (κ1) is 64.6. The topological polar surface area (TPSA) is 78.9 Å². The highest BCUT2D eigenvalue weighted by atomic mass is 16.6. The molecule has 0 aromatic heterocycles. The largest absolute Gasteiger partial charge is 0.462 e. The van der Waals surface area contributed by atoms with Gasteiger partial charge in [0, 0.05) is 19.3 Å². The maximum atomic E-state index is 12.8. The molecule has 390 valence electrons. The SMILES string of the molecule is CCCCC/C=C/C/C=C/C/C=C/C/C=C/CCCCCC(=O)OC[C@@H](COC(=O)CCCCCCCCCCCCCCCC)OC(=O)CCCCCC/C=C/C/C=C/C/C=C/CCCCC. The van der Waals surface area contributed by atoms with Gasteiger partial charge in [-0.1, -0.05) is 234 Å². The van der Waals surface area contributed by atoms with Crippen LogP contribution in [0.25, 0.3) is 0 Å². The first-order valence-corrected chi connectivity index (χ1v) is 28.6. The summed E-state index contributed by atoms with van der Waals surface area (Å²) >= 11 is 0. The second kappa shape index (κ2) is 56.2. The Morgan fingerprint density at radius 3 is 0.868 bits per heavy atom. The molecule has 0 saturated carbocycles. The van der Waals surface area contributed by atoms with Gasteiger partial charge in [0.05, 0.1) is 0 Å². The van der Waals surface area contributed by atoms with Gasteiger partial charge in [-0.3, -0.25) is 14.4 Å². The van der Waals surface area contributed by atoms with Gasteiger partial charge in [0.25, 0.3) is 0 Å². The maximum Gasteiger partial charge on any atom is 0.306 e. The fourth-order valence-electron chi connectivity index (χ4n) is 7.79. The minimum atomic E-state index is -0.801. The molecule has 0 aliphatic carbocycles. The van der Waals surface area contributed by atoms with Crippen molar-refractivity contribution in [2.24, 2.45) is 0 Å². The van der Waals surface area contributed by atoms with E-state index in [0.717, 1.165) is 109 Å². The molecule has 0 aromatic carbocycles. The monoisotopic (exact) mass is 947 g/mol. The molecule has 0 heterocycles. The number of hydrogen-bond donors (Lipinski definition) is 0. The van der Waals surface area contributed by atoms with Crippen molar-refractivity contribution in [1.82, 2.24) is 0 Å². The highest BCUT2D eigenvalue weighted by Crippen LogP contribution is 2.15. The summed E-state index contributed by atoms with van der Waals surface area (Å²) in [7, 11) is 0. The van der Waals surface area contributed by atoms with E-state index in [2.05, 4.69) is 106 Å². The number of hydrogen-bond acceptors (Lipinski definition) is 6. The molecule has 6 heteroatoms. The Kier molecular flexibility index (Phi) is 53.4. The lowest BCUT2D eigenvalue weighted by Crippen LogP contribution is -2.30. The molecule has 68 heavy (non-hydrogen) atoms. The normalized spacial score (nSPS) is 12.7. The van der Waals surface area contributed by atoms with Crippen LogP contribution in [0.4, 0.5) is 0 Å². The summed E-state index contributed by atoms with van der Waals surface area (Å²) in [6.45, 7) is 6.55. The van der Waals surface area contributed by atoms with Gasteiger partial charge in [0.15, 0.2) is 6.10 Å². The summed E-state index contributed by atoms with van der Waals surface area (Å²) in [6.07, 6.45) is 72.8. The Hall–Kier alpha value is -3.41. The van der Waals surface area contributed by atoms with Gasteiger partial charge in [-0.15, -0.1) is 0 Å². The first-order valence-electron chi connectivity index (χ1n) is 28.6. The van der Waals surface area contributed by atoms with Crippen molar-refractivity contribution in [3.05, 3.63) is 85.1 Å². The predicted octanol–water partition coefficient (Wildman–Crippen LogP) is 19.2. The minimum Gasteiger partial charge on any atom is -0.462 e. The summed E-state index contributed by atoms with van der Waals surface area (Å²) in [5.41, 5.74) is 0. The van der Waals surface area contributed by atoms with Gasteiger partial charge >= 0.3 is 17.9 Å². The van der Waals surface area contributed by atoms with E-state index < -0.39 is 6.10 Å². The van der Waals surface area contributed by atoms with Crippen LogP contribution in [0.2, 0.25) is 0 Å².